The molecular formula is C35H38ClN3O4S. The summed E-state index contributed by atoms with van der Waals surface area (Å²) in [4.78, 5) is 29.7. The molecule has 4 rings (SSSR count). The zero-order valence-electron chi connectivity index (χ0n) is 25.0. The molecule has 0 aliphatic carbocycles. The molecule has 230 valence electrons. The number of nitrogens with zero attached hydrogens (tertiary/aromatic N) is 2. The normalized spacial score (nSPS) is 11.9. The lowest BCUT2D eigenvalue weighted by Gasteiger charge is -2.34. The second-order valence-electron chi connectivity index (χ2n) is 10.7. The van der Waals surface area contributed by atoms with Crippen LogP contribution in [0.4, 0.5) is 5.69 Å². The van der Waals surface area contributed by atoms with Crippen LogP contribution in [0.25, 0.3) is 0 Å². The van der Waals surface area contributed by atoms with Crippen LogP contribution in [-0.2, 0) is 32.6 Å². The van der Waals surface area contributed by atoms with Crippen LogP contribution in [0.2, 0.25) is 5.02 Å². The van der Waals surface area contributed by atoms with E-state index in [1.165, 1.54) is 17.0 Å². The van der Waals surface area contributed by atoms with E-state index in [0.29, 0.717) is 11.6 Å². The molecular weight excluding hydrogens is 594 g/mol. The molecule has 1 N–H and O–H groups in total. The van der Waals surface area contributed by atoms with E-state index < -0.39 is 28.5 Å². The molecule has 44 heavy (non-hydrogen) atoms. The smallest absolute Gasteiger partial charge is 0.264 e. The monoisotopic (exact) mass is 631 g/mol. The Morgan fingerprint density at radius 2 is 1.41 bits per heavy atom. The average Bonchev–Trinajstić information content (AvgIpc) is 3.03. The maximum Gasteiger partial charge on any atom is 0.264 e. The summed E-state index contributed by atoms with van der Waals surface area (Å²) in [6, 6.07) is 30.8. The number of anilines is 1. The zero-order chi connectivity index (χ0) is 31.5. The van der Waals surface area contributed by atoms with Crippen molar-refractivity contribution in [3.63, 3.8) is 0 Å². The Bertz CT molecular complexity index is 1610. The fourth-order valence-electron chi connectivity index (χ4n) is 4.81. The molecule has 4 aromatic rings. The Balaban J connectivity index is 1.77. The summed E-state index contributed by atoms with van der Waals surface area (Å²) in [5.41, 5.74) is 2.90. The van der Waals surface area contributed by atoms with Crippen LogP contribution in [0.5, 0.6) is 0 Å². The highest BCUT2D eigenvalue weighted by Gasteiger charge is 2.34. The van der Waals surface area contributed by atoms with Crippen molar-refractivity contribution in [1.29, 1.82) is 0 Å². The van der Waals surface area contributed by atoms with Crippen LogP contribution in [0, 0.1) is 6.92 Å². The van der Waals surface area contributed by atoms with Crippen LogP contribution in [0.15, 0.2) is 114 Å². The Labute approximate surface area is 265 Å². The van der Waals surface area contributed by atoms with Gasteiger partial charge in [0.1, 0.15) is 12.6 Å². The van der Waals surface area contributed by atoms with Gasteiger partial charge in [0, 0.05) is 24.5 Å². The van der Waals surface area contributed by atoms with Gasteiger partial charge >= 0.3 is 0 Å². The summed E-state index contributed by atoms with van der Waals surface area (Å²) in [7, 11) is -4.17. The van der Waals surface area contributed by atoms with E-state index in [4.69, 9.17) is 11.6 Å². The number of unbranched alkanes of at least 4 members (excludes halogenated alkanes) is 1. The van der Waals surface area contributed by atoms with Crippen molar-refractivity contribution in [2.24, 2.45) is 0 Å². The predicted molar refractivity (Wildman–Crippen MR) is 176 cm³/mol. The SMILES string of the molecule is CCCCNC(=O)[C@@H](Cc1ccccc1)N(Cc1ccccc1)C(=O)CN(c1ccc(Cl)cc1)S(=O)(=O)c1ccc(C)cc1. The quantitative estimate of drug-likeness (QED) is 0.163. The lowest BCUT2D eigenvalue weighted by molar-refractivity contribution is -0.140. The van der Waals surface area contributed by atoms with E-state index >= 15 is 0 Å². The molecule has 0 aromatic heterocycles. The molecule has 0 heterocycles. The number of aryl methyl sites for hydroxylation is 1. The van der Waals surface area contributed by atoms with Crippen molar-refractivity contribution in [3.8, 4) is 0 Å². The minimum Gasteiger partial charge on any atom is -0.354 e. The third-order valence-corrected chi connectivity index (χ3v) is 9.34. The molecule has 0 spiro atoms. The molecule has 0 fully saturated rings. The number of carbonyl (C=O) groups excluding carboxylic acids is 2. The maximum absolute atomic E-state index is 14.4. The third kappa shape index (κ3) is 8.71. The van der Waals surface area contributed by atoms with E-state index in [1.807, 2.05) is 74.5 Å². The van der Waals surface area contributed by atoms with Gasteiger partial charge in [-0.15, -0.1) is 0 Å². The number of sulfonamides is 1. The molecule has 4 aromatic carbocycles. The fourth-order valence-corrected chi connectivity index (χ4v) is 6.35. The standard InChI is InChI=1S/C35H38ClN3O4S/c1-3-4-23-37-35(41)33(24-28-11-7-5-8-12-28)38(25-29-13-9-6-10-14-29)34(40)26-39(31-19-17-30(36)18-20-31)44(42,43)32-21-15-27(2)16-22-32/h5-22,33H,3-4,23-26H2,1-2H3,(H,37,41)/t33-/m1/s1. The first-order valence-electron chi connectivity index (χ1n) is 14.7. The van der Waals surface area contributed by atoms with E-state index in [-0.39, 0.29) is 29.5 Å². The second-order valence-corrected chi connectivity index (χ2v) is 13.0. The first-order chi connectivity index (χ1) is 21.2. The Morgan fingerprint density at radius 3 is 2.00 bits per heavy atom. The van der Waals surface area contributed by atoms with Crippen molar-refractivity contribution in [3.05, 3.63) is 131 Å². The van der Waals surface area contributed by atoms with Crippen LogP contribution in [0.3, 0.4) is 0 Å². The summed E-state index contributed by atoms with van der Waals surface area (Å²) in [6.07, 6.45) is 1.97. The van der Waals surface area contributed by atoms with Gasteiger partial charge in [0.2, 0.25) is 11.8 Å². The molecule has 0 bridgehead atoms. The van der Waals surface area contributed by atoms with Gasteiger partial charge < -0.3 is 10.2 Å². The molecule has 0 aliphatic heterocycles. The largest absolute Gasteiger partial charge is 0.354 e. The molecule has 0 saturated carbocycles. The third-order valence-electron chi connectivity index (χ3n) is 7.30. The zero-order valence-corrected chi connectivity index (χ0v) is 26.6. The Morgan fingerprint density at radius 1 is 0.818 bits per heavy atom. The number of hydrogen-bond acceptors (Lipinski definition) is 4. The van der Waals surface area contributed by atoms with Crippen LogP contribution in [-0.4, -0.2) is 44.3 Å². The number of carbonyl (C=O) groups is 2. The average molecular weight is 632 g/mol. The fraction of sp³-hybridized carbons (Fsp3) is 0.257. The number of nitrogens with one attached hydrogen (secondary N) is 1. The van der Waals surface area contributed by atoms with Gasteiger partial charge in [-0.1, -0.05) is 103 Å². The van der Waals surface area contributed by atoms with E-state index in [1.54, 1.807) is 36.4 Å². The van der Waals surface area contributed by atoms with Crippen LogP contribution >= 0.6 is 11.6 Å². The van der Waals surface area contributed by atoms with E-state index in [9.17, 15) is 18.0 Å². The van der Waals surface area contributed by atoms with Gasteiger partial charge in [-0.3, -0.25) is 13.9 Å². The summed E-state index contributed by atoms with van der Waals surface area (Å²) in [5, 5.41) is 3.43. The minimum absolute atomic E-state index is 0.0543. The molecule has 7 nitrogen and oxygen atoms in total. The number of rotatable bonds is 14. The predicted octanol–water partition coefficient (Wildman–Crippen LogP) is 6.40. The van der Waals surface area contributed by atoms with Gasteiger partial charge in [0.25, 0.3) is 10.0 Å². The Hall–Kier alpha value is -4.14. The number of halogens is 1. The van der Waals surface area contributed by atoms with E-state index in [2.05, 4.69) is 5.32 Å². The van der Waals surface area contributed by atoms with E-state index in [0.717, 1.165) is 33.8 Å². The number of benzene rings is 4. The summed E-state index contributed by atoms with van der Waals surface area (Å²) < 4.78 is 29.2. The summed E-state index contributed by atoms with van der Waals surface area (Å²) in [5.74, 6) is -0.794. The van der Waals surface area contributed by atoms with Crippen LogP contribution < -0.4 is 9.62 Å². The summed E-state index contributed by atoms with van der Waals surface area (Å²) in [6.45, 7) is 4.00. The highest BCUT2D eigenvalue weighted by molar-refractivity contribution is 7.92. The highest BCUT2D eigenvalue weighted by atomic mass is 35.5. The molecule has 0 radical (unpaired) electrons. The van der Waals surface area contributed by atoms with Crippen molar-refractivity contribution in [2.45, 2.75) is 50.6 Å². The van der Waals surface area contributed by atoms with Crippen molar-refractivity contribution in [1.82, 2.24) is 10.2 Å². The number of hydrogen-bond donors (Lipinski definition) is 1. The van der Waals surface area contributed by atoms with Crippen molar-refractivity contribution >= 4 is 39.1 Å². The molecule has 0 aliphatic rings. The number of amides is 2. The maximum atomic E-state index is 14.4. The molecule has 0 saturated heterocycles. The second kappa shape index (κ2) is 15.5. The summed E-state index contributed by atoms with van der Waals surface area (Å²) >= 11 is 6.13. The van der Waals surface area contributed by atoms with Gasteiger partial charge in [0.05, 0.1) is 10.6 Å². The molecule has 0 unspecified atom stereocenters. The molecule has 9 heteroatoms. The lowest BCUT2D eigenvalue weighted by Crippen LogP contribution is -2.53. The highest BCUT2D eigenvalue weighted by Crippen LogP contribution is 2.26. The Kier molecular flexibility index (Phi) is 11.6. The van der Waals surface area contributed by atoms with Gasteiger partial charge in [0.15, 0.2) is 0 Å². The van der Waals surface area contributed by atoms with Gasteiger partial charge in [-0.2, -0.15) is 0 Å². The minimum atomic E-state index is -4.17. The first-order valence-corrected chi connectivity index (χ1v) is 16.5. The molecule has 1 atom stereocenters. The van der Waals surface area contributed by atoms with Gasteiger partial charge in [-0.05, 0) is 60.9 Å². The first kappa shape index (κ1) is 32.8. The van der Waals surface area contributed by atoms with Gasteiger partial charge in [-0.25, -0.2) is 8.42 Å². The van der Waals surface area contributed by atoms with Crippen molar-refractivity contribution < 1.29 is 18.0 Å². The van der Waals surface area contributed by atoms with Crippen LogP contribution in [0.1, 0.15) is 36.5 Å². The molecule has 2 amide bonds. The lowest BCUT2D eigenvalue weighted by atomic mass is 10.0. The van der Waals surface area contributed by atoms with Crippen molar-refractivity contribution in [2.75, 3.05) is 17.4 Å². The topological polar surface area (TPSA) is 86.8 Å².